The summed E-state index contributed by atoms with van der Waals surface area (Å²) in [5.41, 5.74) is 1.98. The Morgan fingerprint density at radius 2 is 2.00 bits per heavy atom. The van der Waals surface area contributed by atoms with Gasteiger partial charge in [0.15, 0.2) is 5.16 Å². The number of thioether (sulfide) groups is 1. The fraction of sp³-hybridized carbons (Fsp3) is 0.154. The van der Waals surface area contributed by atoms with Gasteiger partial charge in [-0.2, -0.15) is 0 Å². The fourth-order valence-electron chi connectivity index (χ4n) is 1.49. The fourth-order valence-corrected chi connectivity index (χ4v) is 1.83. The van der Waals surface area contributed by atoms with E-state index >= 15 is 0 Å². The molecule has 98 valence electrons. The van der Waals surface area contributed by atoms with Gasteiger partial charge in [-0.05, 0) is 25.3 Å². The van der Waals surface area contributed by atoms with Crippen LogP contribution < -0.4 is 5.32 Å². The molecule has 0 fully saturated rings. The molecule has 0 atom stereocenters. The zero-order valence-electron chi connectivity index (χ0n) is 10.5. The minimum Gasteiger partial charge on any atom is -0.477 e. The Balaban J connectivity index is 2.36. The van der Waals surface area contributed by atoms with Gasteiger partial charge in [0, 0.05) is 11.9 Å². The topological polar surface area (TPSA) is 75.1 Å². The molecule has 0 saturated carbocycles. The van der Waals surface area contributed by atoms with Gasteiger partial charge >= 0.3 is 5.97 Å². The van der Waals surface area contributed by atoms with Crippen LogP contribution in [-0.2, 0) is 0 Å². The Morgan fingerprint density at radius 3 is 2.58 bits per heavy atom. The summed E-state index contributed by atoms with van der Waals surface area (Å²) in [6.07, 6.45) is 3.16. The average Bonchev–Trinajstić information content (AvgIpc) is 2.41. The third-order valence-corrected chi connectivity index (χ3v) is 3.06. The molecular formula is C13H13N3O2S. The van der Waals surface area contributed by atoms with Crippen LogP contribution in [0.15, 0.2) is 35.6 Å². The number of aromatic nitrogens is 2. The first kappa shape index (κ1) is 13.4. The monoisotopic (exact) mass is 275 g/mol. The highest BCUT2D eigenvalue weighted by atomic mass is 32.2. The standard InChI is InChI=1S/C13H13N3O2S/c1-8-3-5-9(6-4-8)15-11-10(12(17)18)7-14-13(16-11)19-2/h3-7H,1-2H3,(H,17,18)(H,14,15,16). The Morgan fingerprint density at radius 1 is 1.32 bits per heavy atom. The minimum atomic E-state index is -1.05. The molecule has 0 aliphatic carbocycles. The molecule has 2 aromatic rings. The van der Waals surface area contributed by atoms with Crippen molar-refractivity contribution < 1.29 is 9.90 Å². The van der Waals surface area contributed by atoms with Crippen LogP contribution in [0.1, 0.15) is 15.9 Å². The highest BCUT2D eigenvalue weighted by Gasteiger charge is 2.13. The van der Waals surface area contributed by atoms with E-state index in [2.05, 4.69) is 15.3 Å². The van der Waals surface area contributed by atoms with E-state index in [-0.39, 0.29) is 5.56 Å². The molecule has 5 nitrogen and oxygen atoms in total. The molecule has 2 N–H and O–H groups in total. The number of anilines is 2. The predicted molar refractivity (Wildman–Crippen MR) is 75.2 cm³/mol. The van der Waals surface area contributed by atoms with Gasteiger partial charge in [0.05, 0.1) is 0 Å². The molecule has 2 rings (SSSR count). The lowest BCUT2D eigenvalue weighted by Crippen LogP contribution is -2.06. The van der Waals surface area contributed by atoms with Gasteiger partial charge in [-0.3, -0.25) is 0 Å². The van der Waals surface area contributed by atoms with Crippen molar-refractivity contribution in [3.8, 4) is 0 Å². The highest BCUT2D eigenvalue weighted by Crippen LogP contribution is 2.21. The summed E-state index contributed by atoms with van der Waals surface area (Å²) in [6, 6.07) is 7.64. The maximum absolute atomic E-state index is 11.1. The highest BCUT2D eigenvalue weighted by molar-refractivity contribution is 7.98. The number of hydrogen-bond acceptors (Lipinski definition) is 5. The number of aromatic carboxylic acids is 1. The van der Waals surface area contributed by atoms with E-state index in [0.717, 1.165) is 11.3 Å². The molecule has 0 bridgehead atoms. The Bertz CT molecular complexity index is 599. The van der Waals surface area contributed by atoms with Crippen molar-refractivity contribution in [3.63, 3.8) is 0 Å². The molecule has 1 heterocycles. The third-order valence-electron chi connectivity index (χ3n) is 2.49. The van der Waals surface area contributed by atoms with E-state index in [1.807, 2.05) is 37.4 Å². The van der Waals surface area contributed by atoms with E-state index in [0.29, 0.717) is 11.0 Å². The van der Waals surface area contributed by atoms with Crippen molar-refractivity contribution in [1.29, 1.82) is 0 Å². The van der Waals surface area contributed by atoms with Gasteiger partial charge in [0.25, 0.3) is 0 Å². The van der Waals surface area contributed by atoms with E-state index in [1.54, 1.807) is 0 Å². The van der Waals surface area contributed by atoms with Crippen LogP contribution in [0.4, 0.5) is 11.5 Å². The lowest BCUT2D eigenvalue weighted by Gasteiger charge is -2.09. The zero-order chi connectivity index (χ0) is 13.8. The molecular weight excluding hydrogens is 262 g/mol. The van der Waals surface area contributed by atoms with Gasteiger partial charge in [-0.1, -0.05) is 29.5 Å². The van der Waals surface area contributed by atoms with Crippen molar-refractivity contribution in [2.75, 3.05) is 11.6 Å². The van der Waals surface area contributed by atoms with Crippen LogP contribution in [0, 0.1) is 6.92 Å². The first-order valence-corrected chi connectivity index (χ1v) is 6.80. The largest absolute Gasteiger partial charge is 0.477 e. The SMILES string of the molecule is CSc1ncc(C(=O)O)c(Nc2ccc(C)cc2)n1. The molecule has 0 spiro atoms. The molecule has 0 saturated heterocycles. The second-order valence-corrected chi connectivity index (χ2v) is 4.69. The van der Waals surface area contributed by atoms with Gasteiger partial charge < -0.3 is 10.4 Å². The lowest BCUT2D eigenvalue weighted by molar-refractivity contribution is 0.0697. The molecule has 0 aliphatic rings. The summed E-state index contributed by atoms with van der Waals surface area (Å²) in [5.74, 6) is -0.752. The van der Waals surface area contributed by atoms with Crippen LogP contribution in [0.2, 0.25) is 0 Å². The number of carboxylic acids is 1. The minimum absolute atomic E-state index is 0.0541. The van der Waals surface area contributed by atoms with E-state index < -0.39 is 5.97 Å². The Hall–Kier alpha value is -2.08. The van der Waals surface area contributed by atoms with Crippen molar-refractivity contribution in [3.05, 3.63) is 41.6 Å². The second kappa shape index (κ2) is 5.71. The van der Waals surface area contributed by atoms with E-state index in [1.165, 1.54) is 18.0 Å². The number of benzene rings is 1. The Kier molecular flexibility index (Phi) is 4.01. The molecule has 1 aromatic heterocycles. The Labute approximate surface area is 115 Å². The predicted octanol–water partition coefficient (Wildman–Crippen LogP) is 2.95. The second-order valence-electron chi connectivity index (χ2n) is 3.92. The van der Waals surface area contributed by atoms with Crippen LogP contribution in [-0.4, -0.2) is 27.3 Å². The first-order valence-electron chi connectivity index (χ1n) is 5.58. The van der Waals surface area contributed by atoms with Crippen LogP contribution in [0.3, 0.4) is 0 Å². The van der Waals surface area contributed by atoms with Crippen LogP contribution in [0.25, 0.3) is 0 Å². The maximum Gasteiger partial charge on any atom is 0.341 e. The first-order chi connectivity index (χ1) is 9.10. The van der Waals surface area contributed by atoms with E-state index in [4.69, 9.17) is 5.11 Å². The summed E-state index contributed by atoms with van der Waals surface area (Å²) in [7, 11) is 0. The number of aryl methyl sites for hydroxylation is 1. The van der Waals surface area contributed by atoms with Crippen LogP contribution >= 0.6 is 11.8 Å². The number of carbonyl (C=O) groups is 1. The van der Waals surface area contributed by atoms with E-state index in [9.17, 15) is 4.79 Å². The summed E-state index contributed by atoms with van der Waals surface area (Å²) in [5, 5.41) is 12.7. The summed E-state index contributed by atoms with van der Waals surface area (Å²) >= 11 is 1.36. The van der Waals surface area contributed by atoms with Gasteiger partial charge in [0.1, 0.15) is 11.4 Å². The summed E-state index contributed by atoms with van der Waals surface area (Å²) in [6.45, 7) is 1.99. The van der Waals surface area contributed by atoms with Gasteiger partial charge in [-0.15, -0.1) is 0 Å². The number of nitrogens with one attached hydrogen (secondary N) is 1. The number of hydrogen-bond donors (Lipinski definition) is 2. The normalized spacial score (nSPS) is 10.2. The van der Waals surface area contributed by atoms with Gasteiger partial charge in [0.2, 0.25) is 0 Å². The van der Waals surface area contributed by atoms with Crippen molar-refractivity contribution in [1.82, 2.24) is 9.97 Å². The molecule has 6 heteroatoms. The molecule has 1 aromatic carbocycles. The van der Waals surface area contributed by atoms with Gasteiger partial charge in [-0.25, -0.2) is 14.8 Å². The van der Waals surface area contributed by atoms with Crippen molar-refractivity contribution in [2.24, 2.45) is 0 Å². The quantitative estimate of drug-likeness (QED) is 0.660. The molecule has 0 amide bonds. The summed E-state index contributed by atoms with van der Waals surface area (Å²) < 4.78 is 0. The lowest BCUT2D eigenvalue weighted by atomic mass is 10.2. The smallest absolute Gasteiger partial charge is 0.341 e. The number of nitrogens with zero attached hydrogens (tertiary/aromatic N) is 2. The van der Waals surface area contributed by atoms with Crippen molar-refractivity contribution in [2.45, 2.75) is 12.1 Å². The third kappa shape index (κ3) is 3.23. The summed E-state index contributed by atoms with van der Waals surface area (Å²) in [4.78, 5) is 19.3. The zero-order valence-corrected chi connectivity index (χ0v) is 11.4. The molecule has 0 radical (unpaired) electrons. The number of rotatable bonds is 4. The van der Waals surface area contributed by atoms with Crippen LogP contribution in [0.5, 0.6) is 0 Å². The molecule has 0 aliphatic heterocycles. The average molecular weight is 275 g/mol. The molecule has 19 heavy (non-hydrogen) atoms. The molecule has 0 unspecified atom stereocenters. The van der Waals surface area contributed by atoms with Crippen molar-refractivity contribution >= 4 is 29.2 Å². The maximum atomic E-state index is 11.1. The number of carboxylic acid groups (broad SMARTS) is 1.